The van der Waals surface area contributed by atoms with Crippen molar-refractivity contribution in [2.75, 3.05) is 5.32 Å². The molecule has 0 aliphatic heterocycles. The molecule has 0 saturated heterocycles. The van der Waals surface area contributed by atoms with Gasteiger partial charge in [0, 0.05) is 23.6 Å². The number of hydrogen-bond acceptors (Lipinski definition) is 6. The second kappa shape index (κ2) is 6.52. The molecular formula is C19H15N5O. The topological polar surface area (TPSA) is 76.7 Å². The first-order chi connectivity index (χ1) is 12.3. The summed E-state index contributed by atoms with van der Waals surface area (Å²) in [5, 5.41) is 7.20. The Bertz CT molecular complexity index is 980. The molecule has 2 aromatic heterocycles. The summed E-state index contributed by atoms with van der Waals surface area (Å²) in [4.78, 5) is 13.0. The number of hydrogen-bond donors (Lipinski definition) is 1. The first kappa shape index (κ1) is 15.0. The highest BCUT2D eigenvalue weighted by atomic mass is 16.5. The van der Waals surface area contributed by atoms with Gasteiger partial charge in [-0.1, -0.05) is 53.7 Å². The minimum atomic E-state index is 0.390. The van der Waals surface area contributed by atoms with Crippen molar-refractivity contribution in [3.8, 4) is 22.8 Å². The monoisotopic (exact) mass is 329 g/mol. The molecule has 25 heavy (non-hydrogen) atoms. The van der Waals surface area contributed by atoms with E-state index in [4.69, 9.17) is 4.52 Å². The number of benzene rings is 2. The normalized spacial score (nSPS) is 10.6. The number of anilines is 2. The molecule has 0 fully saturated rings. The van der Waals surface area contributed by atoms with Gasteiger partial charge in [0.1, 0.15) is 0 Å². The molecule has 6 heteroatoms. The SMILES string of the molecule is Cc1ccccc1Nc1ncc(-c2nc(-c3ccccc3)no2)cn1. The predicted octanol–water partition coefficient (Wildman–Crippen LogP) is 4.25. The molecule has 0 amide bonds. The fraction of sp³-hybridized carbons (Fsp3) is 0.0526. The van der Waals surface area contributed by atoms with E-state index in [1.807, 2.05) is 61.5 Å². The second-order valence-electron chi connectivity index (χ2n) is 5.52. The van der Waals surface area contributed by atoms with E-state index in [0.29, 0.717) is 23.2 Å². The molecule has 1 N–H and O–H groups in total. The van der Waals surface area contributed by atoms with Crippen LogP contribution in [0, 0.1) is 6.92 Å². The van der Waals surface area contributed by atoms with E-state index in [2.05, 4.69) is 25.4 Å². The van der Waals surface area contributed by atoms with E-state index in [9.17, 15) is 0 Å². The smallest absolute Gasteiger partial charge is 0.261 e. The summed E-state index contributed by atoms with van der Waals surface area (Å²) in [6.45, 7) is 2.03. The Morgan fingerprint density at radius 3 is 2.32 bits per heavy atom. The summed E-state index contributed by atoms with van der Waals surface area (Å²) in [7, 11) is 0. The third-order valence-electron chi connectivity index (χ3n) is 3.75. The lowest BCUT2D eigenvalue weighted by Gasteiger charge is -2.07. The zero-order valence-corrected chi connectivity index (χ0v) is 13.5. The maximum absolute atomic E-state index is 5.32. The molecular weight excluding hydrogens is 314 g/mol. The van der Waals surface area contributed by atoms with Crippen molar-refractivity contribution in [3.63, 3.8) is 0 Å². The van der Waals surface area contributed by atoms with Crippen molar-refractivity contribution >= 4 is 11.6 Å². The highest BCUT2D eigenvalue weighted by Gasteiger charge is 2.11. The Kier molecular flexibility index (Phi) is 3.92. The first-order valence-electron chi connectivity index (χ1n) is 7.84. The quantitative estimate of drug-likeness (QED) is 0.603. The van der Waals surface area contributed by atoms with E-state index in [1.54, 1.807) is 12.4 Å². The molecule has 4 rings (SSSR count). The van der Waals surface area contributed by atoms with Gasteiger partial charge in [-0.3, -0.25) is 0 Å². The van der Waals surface area contributed by atoms with Crippen molar-refractivity contribution in [2.24, 2.45) is 0 Å². The van der Waals surface area contributed by atoms with Crippen molar-refractivity contribution < 1.29 is 4.52 Å². The molecule has 0 spiro atoms. The molecule has 0 radical (unpaired) electrons. The lowest BCUT2D eigenvalue weighted by atomic mass is 10.2. The van der Waals surface area contributed by atoms with Gasteiger partial charge in [-0.25, -0.2) is 9.97 Å². The van der Waals surface area contributed by atoms with Crippen LogP contribution in [0.25, 0.3) is 22.8 Å². The zero-order valence-electron chi connectivity index (χ0n) is 13.5. The molecule has 0 aliphatic rings. The summed E-state index contributed by atoms with van der Waals surface area (Å²) in [6, 6.07) is 17.6. The third kappa shape index (κ3) is 3.23. The molecule has 2 heterocycles. The number of aromatic nitrogens is 4. The highest BCUT2D eigenvalue weighted by molar-refractivity contribution is 5.61. The lowest BCUT2D eigenvalue weighted by molar-refractivity contribution is 0.432. The van der Waals surface area contributed by atoms with Crippen LogP contribution in [0.3, 0.4) is 0 Å². The van der Waals surface area contributed by atoms with Gasteiger partial charge in [0.25, 0.3) is 5.89 Å². The Labute approximate surface area is 144 Å². The van der Waals surface area contributed by atoms with E-state index in [-0.39, 0.29) is 0 Å². The van der Waals surface area contributed by atoms with E-state index < -0.39 is 0 Å². The van der Waals surface area contributed by atoms with Crippen molar-refractivity contribution in [3.05, 3.63) is 72.6 Å². The van der Waals surface area contributed by atoms with Crippen LogP contribution in [0.1, 0.15) is 5.56 Å². The van der Waals surface area contributed by atoms with Crippen LogP contribution in [-0.4, -0.2) is 20.1 Å². The van der Waals surface area contributed by atoms with Crippen LogP contribution in [0.2, 0.25) is 0 Å². The minimum absolute atomic E-state index is 0.390. The average Bonchev–Trinajstić information content (AvgIpc) is 3.15. The highest BCUT2D eigenvalue weighted by Crippen LogP contribution is 2.22. The predicted molar refractivity (Wildman–Crippen MR) is 95.2 cm³/mol. The van der Waals surface area contributed by atoms with Crippen LogP contribution >= 0.6 is 0 Å². The van der Waals surface area contributed by atoms with E-state index in [1.165, 1.54) is 0 Å². The maximum Gasteiger partial charge on any atom is 0.261 e. The average molecular weight is 329 g/mol. The Morgan fingerprint density at radius 1 is 0.840 bits per heavy atom. The number of nitrogens with one attached hydrogen (secondary N) is 1. The van der Waals surface area contributed by atoms with E-state index in [0.717, 1.165) is 16.8 Å². The summed E-state index contributed by atoms with van der Waals surface area (Å²) < 4.78 is 5.32. The van der Waals surface area contributed by atoms with Gasteiger partial charge in [-0.15, -0.1) is 0 Å². The number of aryl methyl sites for hydroxylation is 1. The maximum atomic E-state index is 5.32. The molecule has 0 bridgehead atoms. The minimum Gasteiger partial charge on any atom is -0.333 e. The Morgan fingerprint density at radius 2 is 1.56 bits per heavy atom. The standard InChI is InChI=1S/C19H15N5O/c1-13-7-5-6-10-16(13)22-19-20-11-15(12-21-19)18-23-17(24-25-18)14-8-3-2-4-9-14/h2-12H,1H3,(H,20,21,22). The fourth-order valence-corrected chi connectivity index (χ4v) is 2.38. The van der Waals surface area contributed by atoms with Gasteiger partial charge in [0.2, 0.25) is 11.8 Å². The van der Waals surface area contributed by atoms with Crippen LogP contribution in [0.4, 0.5) is 11.6 Å². The largest absolute Gasteiger partial charge is 0.333 e. The number of nitrogens with zero attached hydrogens (tertiary/aromatic N) is 4. The molecule has 0 saturated carbocycles. The Balaban J connectivity index is 1.55. The molecule has 0 atom stereocenters. The van der Waals surface area contributed by atoms with Crippen molar-refractivity contribution in [2.45, 2.75) is 6.92 Å². The second-order valence-corrected chi connectivity index (χ2v) is 5.52. The lowest BCUT2D eigenvalue weighted by Crippen LogP contribution is -1.98. The van der Waals surface area contributed by atoms with Gasteiger partial charge < -0.3 is 9.84 Å². The van der Waals surface area contributed by atoms with Crippen LogP contribution in [-0.2, 0) is 0 Å². The molecule has 0 unspecified atom stereocenters. The molecule has 0 aliphatic carbocycles. The summed E-state index contributed by atoms with van der Waals surface area (Å²) in [6.07, 6.45) is 3.33. The molecule has 6 nitrogen and oxygen atoms in total. The Hall–Kier alpha value is -3.54. The van der Waals surface area contributed by atoms with Gasteiger partial charge in [-0.05, 0) is 18.6 Å². The van der Waals surface area contributed by atoms with Crippen LogP contribution < -0.4 is 5.32 Å². The molecule has 122 valence electrons. The zero-order chi connectivity index (χ0) is 17.1. The van der Waals surface area contributed by atoms with Gasteiger partial charge in [0.05, 0.1) is 5.56 Å². The first-order valence-corrected chi connectivity index (χ1v) is 7.84. The molecule has 2 aromatic carbocycles. The fourth-order valence-electron chi connectivity index (χ4n) is 2.38. The van der Waals surface area contributed by atoms with Crippen molar-refractivity contribution in [1.82, 2.24) is 20.1 Å². The van der Waals surface area contributed by atoms with Crippen LogP contribution in [0.5, 0.6) is 0 Å². The summed E-state index contributed by atoms with van der Waals surface area (Å²) in [5.41, 5.74) is 3.67. The van der Waals surface area contributed by atoms with Gasteiger partial charge >= 0.3 is 0 Å². The molecule has 4 aromatic rings. The van der Waals surface area contributed by atoms with Gasteiger partial charge in [0.15, 0.2) is 0 Å². The van der Waals surface area contributed by atoms with Crippen LogP contribution in [0.15, 0.2) is 71.5 Å². The number of rotatable bonds is 4. The van der Waals surface area contributed by atoms with E-state index >= 15 is 0 Å². The van der Waals surface area contributed by atoms with Crippen molar-refractivity contribution in [1.29, 1.82) is 0 Å². The number of para-hydroxylation sites is 1. The summed E-state index contributed by atoms with van der Waals surface area (Å²) in [5.74, 6) is 1.44. The third-order valence-corrected chi connectivity index (χ3v) is 3.75. The summed E-state index contributed by atoms with van der Waals surface area (Å²) >= 11 is 0. The van der Waals surface area contributed by atoms with Gasteiger partial charge in [-0.2, -0.15) is 4.98 Å².